The van der Waals surface area contributed by atoms with Crippen LogP contribution < -0.4 is 0 Å². The van der Waals surface area contributed by atoms with Crippen LogP contribution in [-0.2, 0) is 10.8 Å². The van der Waals surface area contributed by atoms with Crippen LogP contribution in [0, 0.1) is 0 Å². The van der Waals surface area contributed by atoms with Crippen molar-refractivity contribution in [3.8, 4) is 55.6 Å². The predicted octanol–water partition coefficient (Wildman–Crippen LogP) is 20.5. The van der Waals surface area contributed by atoms with Crippen molar-refractivity contribution in [2.75, 3.05) is 0 Å². The van der Waals surface area contributed by atoms with Gasteiger partial charge in [0.05, 0.1) is 0 Å². The van der Waals surface area contributed by atoms with Gasteiger partial charge in [0.2, 0.25) is 0 Å². The quantitative estimate of drug-likeness (QED) is 0.146. The Morgan fingerprint density at radius 2 is 0.500 bits per heavy atom. The van der Waals surface area contributed by atoms with Gasteiger partial charge < -0.3 is 0 Å². The molecule has 0 nitrogen and oxygen atoms in total. The van der Waals surface area contributed by atoms with E-state index in [4.69, 9.17) is 0 Å². The molecule has 0 radical (unpaired) electrons. The van der Waals surface area contributed by atoms with Crippen LogP contribution in [0.15, 0.2) is 243 Å². The van der Waals surface area contributed by atoms with Crippen molar-refractivity contribution in [1.29, 1.82) is 0 Å². The molecule has 12 aromatic carbocycles. The van der Waals surface area contributed by atoms with Gasteiger partial charge in [-0.3, -0.25) is 0 Å². The van der Waals surface area contributed by atoms with Crippen molar-refractivity contribution in [3.63, 3.8) is 0 Å². The minimum Gasteiger partial charge on any atom is -0.0622 e. The lowest BCUT2D eigenvalue weighted by Gasteiger charge is -2.38. The van der Waals surface area contributed by atoms with Crippen LogP contribution in [0.3, 0.4) is 0 Å². The van der Waals surface area contributed by atoms with Crippen molar-refractivity contribution in [3.05, 3.63) is 276 Å². The second kappa shape index (κ2) is 17.7. The van der Waals surface area contributed by atoms with Crippen LogP contribution >= 0.6 is 0 Å². The van der Waals surface area contributed by atoms with Gasteiger partial charge >= 0.3 is 0 Å². The van der Waals surface area contributed by atoms with E-state index in [9.17, 15) is 0 Å². The lowest BCUT2D eigenvalue weighted by atomic mass is 9.65. The average Bonchev–Trinajstić information content (AvgIpc) is 3.44. The monoisotopic (exact) mass is 948 g/mol. The summed E-state index contributed by atoms with van der Waals surface area (Å²) in [5, 5.41) is 10.1. The van der Waals surface area contributed by atoms with Gasteiger partial charge in [0.15, 0.2) is 0 Å². The molecule has 2 atom stereocenters. The Hall–Kier alpha value is -8.32. The Bertz CT molecular complexity index is 3720. The maximum Gasteiger partial charge on any atom is 0.0205 e. The summed E-state index contributed by atoms with van der Waals surface area (Å²) in [5.74, 6) is 0.125. The zero-order valence-electron chi connectivity index (χ0n) is 43.2. The summed E-state index contributed by atoms with van der Waals surface area (Å²) < 4.78 is 0. The molecule has 0 heterocycles. The van der Waals surface area contributed by atoms with Crippen LogP contribution in [0.5, 0.6) is 0 Å². The summed E-state index contributed by atoms with van der Waals surface area (Å²) in [4.78, 5) is 0. The zero-order valence-corrected chi connectivity index (χ0v) is 43.2. The molecule has 2 unspecified atom stereocenters. The van der Waals surface area contributed by atoms with Gasteiger partial charge in [-0.2, -0.15) is 0 Å². The number of fused-ring (bicyclic) bond motifs is 7. The highest BCUT2D eigenvalue weighted by Crippen LogP contribution is 2.56. The molecule has 0 aromatic heterocycles. The number of rotatable bonds is 6. The summed E-state index contributed by atoms with van der Waals surface area (Å²) in [7, 11) is 0. The lowest BCUT2D eigenvalue weighted by molar-refractivity contribution is 0.587. The molecule has 0 N–H and O–H groups in total. The molecule has 1 aliphatic rings. The average molecular weight is 949 g/mol. The topological polar surface area (TPSA) is 0 Å². The summed E-state index contributed by atoms with van der Waals surface area (Å²) in [5.41, 5.74) is 20.8. The van der Waals surface area contributed by atoms with E-state index in [0.29, 0.717) is 0 Å². The van der Waals surface area contributed by atoms with Gasteiger partial charge in [-0.25, -0.2) is 0 Å². The first-order chi connectivity index (χ1) is 36.0. The molecule has 0 saturated heterocycles. The standard InChI is InChI=1S/C74H60/c1-73(2,3)53-39-33-49(34-40-53)71-63-43-37-51(69-59-29-17-13-25-55(59)67(47-21-9-7-10-22-47)56-26-14-18-30-60(56)69)45-65(63)66-46-52(38-44-64(66)72(71)50-35-41-54(42-36-50)74(4,5)6)70-61-31-19-15-27-57(61)68(48-23-11-8-12-24-48)58-28-16-20-32-62(58)70/h7-46,71-72H,1-6H3. The Morgan fingerprint density at radius 1 is 0.243 bits per heavy atom. The van der Waals surface area contributed by atoms with E-state index in [-0.39, 0.29) is 22.7 Å². The van der Waals surface area contributed by atoms with E-state index >= 15 is 0 Å². The molecule has 12 aromatic rings. The van der Waals surface area contributed by atoms with E-state index in [0.717, 1.165) is 0 Å². The second-order valence-corrected chi connectivity index (χ2v) is 22.7. The lowest BCUT2D eigenvalue weighted by Crippen LogP contribution is -2.21. The first kappa shape index (κ1) is 45.5. The van der Waals surface area contributed by atoms with Crippen molar-refractivity contribution in [2.24, 2.45) is 0 Å². The molecular formula is C74H60. The van der Waals surface area contributed by atoms with Crippen molar-refractivity contribution < 1.29 is 0 Å². The highest BCUT2D eigenvalue weighted by Gasteiger charge is 2.37. The normalized spacial score (nSPS) is 14.6. The Kier molecular flexibility index (Phi) is 10.9. The van der Waals surface area contributed by atoms with Gasteiger partial charge in [0.1, 0.15) is 0 Å². The molecule has 0 spiro atoms. The number of hydrogen-bond donors (Lipinski definition) is 0. The third kappa shape index (κ3) is 7.58. The van der Waals surface area contributed by atoms with Crippen LogP contribution in [0.1, 0.15) is 86.8 Å². The third-order valence-electron chi connectivity index (χ3n) is 16.2. The fraction of sp³-hybridized carbons (Fsp3) is 0.135. The molecule has 1 aliphatic carbocycles. The summed E-state index contributed by atoms with van der Waals surface area (Å²) >= 11 is 0. The Balaban J connectivity index is 1.11. The first-order valence-corrected chi connectivity index (χ1v) is 26.5. The van der Waals surface area contributed by atoms with Gasteiger partial charge in [-0.1, -0.05) is 272 Å². The molecule has 356 valence electrons. The van der Waals surface area contributed by atoms with E-state index < -0.39 is 0 Å². The predicted molar refractivity (Wildman–Crippen MR) is 318 cm³/mol. The van der Waals surface area contributed by atoms with Gasteiger partial charge in [-0.15, -0.1) is 0 Å². The molecule has 0 amide bonds. The summed E-state index contributed by atoms with van der Waals surface area (Å²) in [6.45, 7) is 13.9. The molecule has 0 fully saturated rings. The molecule has 0 heteroatoms. The fourth-order valence-corrected chi connectivity index (χ4v) is 12.6. The largest absolute Gasteiger partial charge is 0.0622 e. The Labute approximate surface area is 436 Å². The highest BCUT2D eigenvalue weighted by atomic mass is 14.4. The van der Waals surface area contributed by atoms with Gasteiger partial charge in [-0.05, 0) is 155 Å². The summed E-state index contributed by atoms with van der Waals surface area (Å²) in [6, 6.07) is 92.3. The van der Waals surface area contributed by atoms with E-state index in [1.165, 1.54) is 132 Å². The zero-order chi connectivity index (χ0) is 50.3. The molecule has 0 saturated carbocycles. The molecule has 74 heavy (non-hydrogen) atoms. The smallest absolute Gasteiger partial charge is 0.0205 e. The minimum absolute atomic E-state index is 0.0400. The van der Waals surface area contributed by atoms with Crippen molar-refractivity contribution in [1.82, 2.24) is 0 Å². The maximum atomic E-state index is 2.55. The first-order valence-electron chi connectivity index (χ1n) is 26.5. The van der Waals surface area contributed by atoms with Crippen molar-refractivity contribution >= 4 is 43.1 Å². The highest BCUT2D eigenvalue weighted by molar-refractivity contribution is 6.23. The van der Waals surface area contributed by atoms with Gasteiger partial charge in [0.25, 0.3) is 0 Å². The Morgan fingerprint density at radius 3 is 0.770 bits per heavy atom. The number of benzene rings is 12. The molecular weight excluding hydrogens is 889 g/mol. The van der Waals surface area contributed by atoms with Crippen molar-refractivity contribution in [2.45, 2.75) is 64.2 Å². The SMILES string of the molecule is CC(C)(C)c1ccc(C2c3ccc(-c4c5ccccc5c(-c5ccccc5)c5ccccc45)cc3-c3cc(-c4c5ccccc5c(-c5ccccc5)c5ccccc45)ccc3C2c2ccc(C(C)(C)C)cc2)cc1. The third-order valence-corrected chi connectivity index (χ3v) is 16.2. The van der Waals surface area contributed by atoms with E-state index in [1.54, 1.807) is 0 Å². The van der Waals surface area contributed by atoms with E-state index in [2.05, 4.69) is 284 Å². The van der Waals surface area contributed by atoms with Crippen LogP contribution in [0.2, 0.25) is 0 Å². The van der Waals surface area contributed by atoms with E-state index in [1.807, 2.05) is 0 Å². The minimum atomic E-state index is 0.0400. The maximum absolute atomic E-state index is 2.55. The molecule has 13 rings (SSSR count). The second-order valence-electron chi connectivity index (χ2n) is 22.7. The fourth-order valence-electron chi connectivity index (χ4n) is 12.6. The molecule has 0 bridgehead atoms. The van der Waals surface area contributed by atoms with Crippen LogP contribution in [0.4, 0.5) is 0 Å². The van der Waals surface area contributed by atoms with Gasteiger partial charge in [0, 0.05) is 11.8 Å². The van der Waals surface area contributed by atoms with Crippen LogP contribution in [0.25, 0.3) is 98.7 Å². The molecule has 0 aliphatic heterocycles. The number of hydrogen-bond acceptors (Lipinski definition) is 0. The summed E-state index contributed by atoms with van der Waals surface area (Å²) in [6.07, 6.45) is 0. The van der Waals surface area contributed by atoms with Crippen LogP contribution in [-0.4, -0.2) is 0 Å².